The van der Waals surface area contributed by atoms with Crippen molar-refractivity contribution in [3.05, 3.63) is 60.2 Å². The number of nitrogens with zero attached hydrogens (tertiary/aromatic N) is 1. The molecule has 28 heavy (non-hydrogen) atoms. The number of hydrogen-bond donors (Lipinski definition) is 2. The molecule has 0 saturated carbocycles. The molecule has 1 aliphatic rings. The molecule has 2 aromatic rings. The van der Waals surface area contributed by atoms with Crippen LogP contribution in [0.2, 0.25) is 0 Å². The van der Waals surface area contributed by atoms with Crippen LogP contribution in [0.4, 0.5) is 0 Å². The van der Waals surface area contributed by atoms with E-state index in [-0.39, 0.29) is 17.9 Å². The highest BCUT2D eigenvalue weighted by molar-refractivity contribution is 7.93. The van der Waals surface area contributed by atoms with Gasteiger partial charge in [-0.15, -0.1) is 0 Å². The zero-order valence-corrected chi connectivity index (χ0v) is 16.5. The normalized spacial score (nSPS) is 20.5. The fraction of sp³-hybridized carbons (Fsp3) is 0.350. The summed E-state index contributed by atoms with van der Waals surface area (Å²) in [6.07, 6.45) is 0.661. The third kappa shape index (κ3) is 3.76. The van der Waals surface area contributed by atoms with E-state index in [9.17, 15) is 18.4 Å². The van der Waals surface area contributed by atoms with Crippen molar-refractivity contribution in [3.8, 4) is 5.75 Å². The van der Waals surface area contributed by atoms with Crippen LogP contribution >= 0.6 is 0 Å². The molecule has 8 heteroatoms. The first-order chi connectivity index (χ1) is 13.4. The van der Waals surface area contributed by atoms with Gasteiger partial charge in [-0.05, 0) is 49.2 Å². The van der Waals surface area contributed by atoms with Gasteiger partial charge in [0, 0.05) is 13.1 Å². The Morgan fingerprint density at radius 2 is 1.86 bits per heavy atom. The number of nitrogens with one attached hydrogen (secondary N) is 1. The molecular weight excluding hydrogens is 380 g/mol. The maximum atomic E-state index is 13.5. The van der Waals surface area contributed by atoms with Gasteiger partial charge in [0.05, 0.1) is 12.0 Å². The van der Waals surface area contributed by atoms with Crippen LogP contribution in [0.25, 0.3) is 0 Å². The summed E-state index contributed by atoms with van der Waals surface area (Å²) in [5.74, 6) is -0.380. The molecule has 0 radical (unpaired) electrons. The highest BCUT2D eigenvalue weighted by Crippen LogP contribution is 2.35. The van der Waals surface area contributed by atoms with Gasteiger partial charge in [0.25, 0.3) is 5.91 Å². The molecule has 0 aliphatic carbocycles. The zero-order chi connectivity index (χ0) is 20.2. The number of rotatable bonds is 6. The summed E-state index contributed by atoms with van der Waals surface area (Å²) >= 11 is 0. The van der Waals surface area contributed by atoms with Crippen LogP contribution in [0.5, 0.6) is 5.75 Å². The van der Waals surface area contributed by atoms with Crippen LogP contribution in [0.1, 0.15) is 18.4 Å². The van der Waals surface area contributed by atoms with Gasteiger partial charge in [-0.3, -0.25) is 14.9 Å². The van der Waals surface area contributed by atoms with E-state index in [1.54, 1.807) is 17.6 Å². The number of carbonyl (C=O) groups is 1. The monoisotopic (exact) mass is 404 g/mol. The molecule has 1 atom stereocenters. The van der Waals surface area contributed by atoms with E-state index in [0.717, 1.165) is 5.56 Å². The maximum absolute atomic E-state index is 13.5. The van der Waals surface area contributed by atoms with Gasteiger partial charge >= 0.3 is 0 Å². The Morgan fingerprint density at radius 1 is 1.18 bits per heavy atom. The molecule has 1 amide bonds. The Balaban J connectivity index is 1.96. The number of methoxy groups -OCH3 is 1. The van der Waals surface area contributed by atoms with E-state index in [1.807, 2.05) is 35.2 Å². The second-order valence-corrected chi connectivity index (χ2v) is 9.17. The van der Waals surface area contributed by atoms with Crippen molar-refractivity contribution in [1.82, 2.24) is 10.4 Å². The number of sulfone groups is 1. The molecule has 1 unspecified atom stereocenters. The number of piperidine rings is 1. The minimum atomic E-state index is -4.05. The number of ether oxygens (including phenoxy) is 1. The number of carbonyl (C=O) groups excluding carboxylic acids is 1. The van der Waals surface area contributed by atoms with Gasteiger partial charge in [-0.25, -0.2) is 13.9 Å². The SMILES string of the molecule is COc1ccc(S(=O)(=O)C2(C(=O)NO)CCCN(Cc3ccccc3)C2)cc1. The first-order valence-electron chi connectivity index (χ1n) is 9.02. The molecule has 0 spiro atoms. The fourth-order valence-corrected chi connectivity index (χ4v) is 5.69. The molecule has 1 heterocycles. The quantitative estimate of drug-likeness (QED) is 0.565. The fourth-order valence-electron chi connectivity index (χ4n) is 3.69. The van der Waals surface area contributed by atoms with E-state index in [1.165, 1.54) is 19.2 Å². The third-order valence-electron chi connectivity index (χ3n) is 5.18. The number of hydrogen-bond acceptors (Lipinski definition) is 6. The molecule has 2 aromatic carbocycles. The van der Waals surface area contributed by atoms with Crippen LogP contribution in [0.15, 0.2) is 59.5 Å². The van der Waals surface area contributed by atoms with Crippen molar-refractivity contribution < 1.29 is 23.2 Å². The average molecular weight is 404 g/mol. The first-order valence-corrected chi connectivity index (χ1v) is 10.5. The highest BCUT2D eigenvalue weighted by atomic mass is 32.2. The van der Waals surface area contributed by atoms with Gasteiger partial charge in [0.1, 0.15) is 5.75 Å². The Morgan fingerprint density at radius 3 is 2.46 bits per heavy atom. The van der Waals surface area contributed by atoms with Crippen LogP contribution < -0.4 is 10.2 Å². The zero-order valence-electron chi connectivity index (χ0n) is 15.7. The van der Waals surface area contributed by atoms with E-state index >= 15 is 0 Å². The third-order valence-corrected chi connectivity index (χ3v) is 7.62. The summed E-state index contributed by atoms with van der Waals surface area (Å²) in [7, 11) is -2.56. The second kappa shape index (κ2) is 8.30. The molecule has 1 fully saturated rings. The molecule has 1 saturated heterocycles. The summed E-state index contributed by atoms with van der Waals surface area (Å²) in [4.78, 5) is 14.6. The predicted octanol–water partition coefficient (Wildman–Crippen LogP) is 2.01. The van der Waals surface area contributed by atoms with Crippen molar-refractivity contribution >= 4 is 15.7 Å². The molecule has 150 valence electrons. The number of likely N-dealkylation sites (tertiary alicyclic amines) is 1. The van der Waals surface area contributed by atoms with Gasteiger partial charge in [0.2, 0.25) is 0 Å². The number of amides is 1. The lowest BCUT2D eigenvalue weighted by Crippen LogP contribution is -2.60. The van der Waals surface area contributed by atoms with Gasteiger partial charge in [-0.1, -0.05) is 30.3 Å². The van der Waals surface area contributed by atoms with Crippen LogP contribution in [0, 0.1) is 0 Å². The Hall–Kier alpha value is -2.42. The number of benzene rings is 2. The Bertz CT molecular complexity index is 915. The van der Waals surface area contributed by atoms with Crippen molar-refractivity contribution in [2.24, 2.45) is 0 Å². The van der Waals surface area contributed by atoms with Crippen molar-refractivity contribution in [2.45, 2.75) is 29.0 Å². The molecule has 1 aliphatic heterocycles. The van der Waals surface area contributed by atoms with E-state index < -0.39 is 20.5 Å². The van der Waals surface area contributed by atoms with Crippen molar-refractivity contribution in [2.75, 3.05) is 20.2 Å². The maximum Gasteiger partial charge on any atom is 0.266 e. The number of hydroxylamine groups is 1. The Labute approximate surface area is 164 Å². The van der Waals surface area contributed by atoms with Gasteiger partial charge in [0.15, 0.2) is 14.6 Å². The topological polar surface area (TPSA) is 95.9 Å². The molecule has 7 nitrogen and oxygen atoms in total. The van der Waals surface area contributed by atoms with Crippen LogP contribution in [0.3, 0.4) is 0 Å². The molecule has 3 rings (SSSR count). The first kappa shape index (κ1) is 20.3. The highest BCUT2D eigenvalue weighted by Gasteiger charge is 2.53. The minimum Gasteiger partial charge on any atom is -0.497 e. The van der Waals surface area contributed by atoms with Crippen molar-refractivity contribution in [1.29, 1.82) is 0 Å². The van der Waals surface area contributed by atoms with Gasteiger partial charge in [-0.2, -0.15) is 0 Å². The largest absolute Gasteiger partial charge is 0.497 e. The summed E-state index contributed by atoms with van der Waals surface area (Å²) in [5.41, 5.74) is 2.62. The lowest BCUT2D eigenvalue weighted by molar-refractivity contribution is -0.133. The summed E-state index contributed by atoms with van der Waals surface area (Å²) in [5, 5.41) is 9.32. The predicted molar refractivity (Wildman–Crippen MR) is 104 cm³/mol. The van der Waals surface area contributed by atoms with E-state index in [0.29, 0.717) is 25.3 Å². The summed E-state index contributed by atoms with van der Waals surface area (Å²) in [6, 6.07) is 15.6. The molecular formula is C20H24N2O5S. The van der Waals surface area contributed by atoms with Gasteiger partial charge < -0.3 is 4.74 Å². The molecule has 0 aromatic heterocycles. The van der Waals surface area contributed by atoms with Crippen LogP contribution in [-0.4, -0.2) is 49.4 Å². The minimum absolute atomic E-state index is 0.00263. The average Bonchev–Trinajstić information content (AvgIpc) is 2.74. The summed E-state index contributed by atoms with van der Waals surface area (Å²) < 4.78 is 30.3. The molecule has 0 bridgehead atoms. The molecule has 2 N–H and O–H groups in total. The summed E-state index contributed by atoms with van der Waals surface area (Å²) in [6.45, 7) is 1.20. The second-order valence-electron chi connectivity index (χ2n) is 6.91. The van der Waals surface area contributed by atoms with Crippen molar-refractivity contribution in [3.63, 3.8) is 0 Å². The van der Waals surface area contributed by atoms with Crippen LogP contribution in [-0.2, 0) is 21.2 Å². The lowest BCUT2D eigenvalue weighted by atomic mass is 9.95. The Kier molecular flexibility index (Phi) is 6.02. The lowest BCUT2D eigenvalue weighted by Gasteiger charge is -2.40. The standard InChI is InChI=1S/C20H24N2O5S/c1-27-17-8-10-18(11-9-17)28(25,26)20(19(23)21-24)12-5-13-22(15-20)14-16-6-3-2-4-7-16/h2-4,6-11,24H,5,12-15H2,1H3,(H,21,23). The smallest absolute Gasteiger partial charge is 0.266 e. The van der Waals surface area contributed by atoms with E-state index in [4.69, 9.17) is 4.74 Å². The van der Waals surface area contributed by atoms with E-state index in [2.05, 4.69) is 0 Å².